The normalized spacial score (nSPS) is 20.5. The van der Waals surface area contributed by atoms with Gasteiger partial charge in [-0.15, -0.1) is 0 Å². The third-order valence-corrected chi connectivity index (χ3v) is 4.32. The maximum atomic E-state index is 3.68. The summed E-state index contributed by atoms with van der Waals surface area (Å²) in [4.78, 5) is 3.68. The number of hydrogen-bond donors (Lipinski definition) is 2. The molecule has 2 N–H and O–H groups in total. The molecule has 0 aliphatic carbocycles. The fourth-order valence-corrected chi connectivity index (χ4v) is 3.27. The Kier molecular flexibility index (Phi) is 2.90. The van der Waals surface area contributed by atoms with Crippen molar-refractivity contribution in [3.63, 3.8) is 0 Å². The lowest BCUT2D eigenvalue weighted by molar-refractivity contribution is 0.405. The van der Waals surface area contributed by atoms with E-state index < -0.39 is 0 Å². The van der Waals surface area contributed by atoms with Crippen LogP contribution in [0.1, 0.15) is 47.7 Å². The van der Waals surface area contributed by atoms with E-state index in [4.69, 9.17) is 0 Å². The minimum atomic E-state index is 0.518. The highest BCUT2D eigenvalue weighted by Gasteiger charge is 2.20. The molecule has 1 fully saturated rings. The van der Waals surface area contributed by atoms with Gasteiger partial charge in [0.1, 0.15) is 0 Å². The standard InChI is InChI=1S/C16H22N2/c1-10-7-8-11(2)15-14(10)12(3)16(18-15)13-6-4-5-9-17-13/h7-8,13,17-18H,4-6,9H2,1-3H3. The average Bonchev–Trinajstić information content (AvgIpc) is 2.74. The van der Waals surface area contributed by atoms with E-state index in [1.807, 2.05) is 0 Å². The van der Waals surface area contributed by atoms with E-state index in [1.165, 1.54) is 52.5 Å². The first-order valence-corrected chi connectivity index (χ1v) is 7.00. The third-order valence-electron chi connectivity index (χ3n) is 4.32. The van der Waals surface area contributed by atoms with Gasteiger partial charge in [0, 0.05) is 22.6 Å². The van der Waals surface area contributed by atoms with Crippen LogP contribution in [0.3, 0.4) is 0 Å². The molecule has 1 aromatic carbocycles. The number of piperidine rings is 1. The Morgan fingerprint density at radius 1 is 1.06 bits per heavy atom. The zero-order valence-electron chi connectivity index (χ0n) is 11.6. The average molecular weight is 242 g/mol. The van der Waals surface area contributed by atoms with E-state index >= 15 is 0 Å². The van der Waals surface area contributed by atoms with Gasteiger partial charge in [-0.05, 0) is 56.8 Å². The number of aromatic amines is 1. The molecule has 0 bridgehead atoms. The highest BCUT2D eigenvalue weighted by molar-refractivity contribution is 5.90. The summed E-state index contributed by atoms with van der Waals surface area (Å²) in [7, 11) is 0. The van der Waals surface area contributed by atoms with Crippen molar-refractivity contribution in [3.05, 3.63) is 34.5 Å². The molecule has 0 saturated carbocycles. The number of aryl methyl sites for hydroxylation is 3. The van der Waals surface area contributed by atoms with Crippen molar-refractivity contribution in [2.75, 3.05) is 6.54 Å². The van der Waals surface area contributed by atoms with Gasteiger partial charge in [-0.2, -0.15) is 0 Å². The number of aromatic nitrogens is 1. The first-order chi connectivity index (χ1) is 8.68. The molecule has 2 heterocycles. The first-order valence-electron chi connectivity index (χ1n) is 7.00. The van der Waals surface area contributed by atoms with E-state index in [0.717, 1.165) is 6.54 Å². The summed E-state index contributed by atoms with van der Waals surface area (Å²) in [5, 5.41) is 5.07. The van der Waals surface area contributed by atoms with Gasteiger partial charge in [-0.1, -0.05) is 18.6 Å². The molecule has 0 amide bonds. The van der Waals surface area contributed by atoms with Crippen LogP contribution in [-0.4, -0.2) is 11.5 Å². The van der Waals surface area contributed by atoms with E-state index in [0.29, 0.717) is 6.04 Å². The van der Waals surface area contributed by atoms with Crippen molar-refractivity contribution in [3.8, 4) is 0 Å². The molecule has 1 atom stereocenters. The zero-order chi connectivity index (χ0) is 12.7. The second kappa shape index (κ2) is 4.43. The Labute approximate surface area is 109 Å². The molecule has 2 nitrogen and oxygen atoms in total. The fourth-order valence-electron chi connectivity index (χ4n) is 3.27. The van der Waals surface area contributed by atoms with Crippen LogP contribution >= 0.6 is 0 Å². The van der Waals surface area contributed by atoms with Crippen molar-refractivity contribution in [1.82, 2.24) is 10.3 Å². The van der Waals surface area contributed by atoms with Crippen LogP contribution in [-0.2, 0) is 0 Å². The van der Waals surface area contributed by atoms with Gasteiger partial charge in [0.05, 0.1) is 0 Å². The summed E-state index contributed by atoms with van der Waals surface area (Å²) in [5.74, 6) is 0. The van der Waals surface area contributed by atoms with E-state index in [9.17, 15) is 0 Å². The maximum Gasteiger partial charge on any atom is 0.0491 e. The number of H-pyrrole nitrogens is 1. The molecule has 2 heteroatoms. The largest absolute Gasteiger partial charge is 0.357 e. The van der Waals surface area contributed by atoms with Crippen LogP contribution in [0.2, 0.25) is 0 Å². The van der Waals surface area contributed by atoms with Crippen molar-refractivity contribution in [2.45, 2.75) is 46.1 Å². The lowest BCUT2D eigenvalue weighted by Gasteiger charge is -2.23. The Morgan fingerprint density at radius 3 is 2.50 bits per heavy atom. The lowest BCUT2D eigenvalue weighted by Crippen LogP contribution is -2.27. The smallest absolute Gasteiger partial charge is 0.0491 e. The molecule has 1 aliphatic rings. The van der Waals surface area contributed by atoms with Crippen molar-refractivity contribution < 1.29 is 0 Å². The quantitative estimate of drug-likeness (QED) is 0.779. The van der Waals surface area contributed by atoms with Gasteiger partial charge in [0.15, 0.2) is 0 Å². The van der Waals surface area contributed by atoms with Crippen LogP contribution in [0, 0.1) is 20.8 Å². The second-order valence-corrected chi connectivity index (χ2v) is 5.62. The number of rotatable bonds is 1. The predicted octanol–water partition coefficient (Wildman–Crippen LogP) is 3.91. The molecular weight excluding hydrogens is 220 g/mol. The summed E-state index contributed by atoms with van der Waals surface area (Å²) in [5.41, 5.74) is 6.90. The van der Waals surface area contributed by atoms with Crippen molar-refractivity contribution in [1.29, 1.82) is 0 Å². The van der Waals surface area contributed by atoms with Gasteiger partial charge in [0.2, 0.25) is 0 Å². The third kappa shape index (κ3) is 1.76. The van der Waals surface area contributed by atoms with Crippen LogP contribution < -0.4 is 5.32 Å². The monoisotopic (exact) mass is 242 g/mol. The molecule has 96 valence electrons. The molecular formula is C16H22N2. The molecule has 18 heavy (non-hydrogen) atoms. The van der Waals surface area contributed by atoms with Crippen LogP contribution in [0.15, 0.2) is 12.1 Å². The Balaban J connectivity index is 2.16. The summed E-state index contributed by atoms with van der Waals surface area (Å²) < 4.78 is 0. The second-order valence-electron chi connectivity index (χ2n) is 5.62. The number of hydrogen-bond acceptors (Lipinski definition) is 1. The van der Waals surface area contributed by atoms with Crippen LogP contribution in [0.25, 0.3) is 10.9 Å². The van der Waals surface area contributed by atoms with Gasteiger partial charge in [-0.3, -0.25) is 0 Å². The highest BCUT2D eigenvalue weighted by atomic mass is 15.0. The van der Waals surface area contributed by atoms with Crippen LogP contribution in [0.4, 0.5) is 0 Å². The van der Waals surface area contributed by atoms with Gasteiger partial charge in [0.25, 0.3) is 0 Å². The molecule has 1 saturated heterocycles. The maximum absolute atomic E-state index is 3.68. The molecule has 0 radical (unpaired) electrons. The number of fused-ring (bicyclic) bond motifs is 1. The fraction of sp³-hybridized carbons (Fsp3) is 0.500. The summed E-state index contributed by atoms with van der Waals surface area (Å²) >= 11 is 0. The summed E-state index contributed by atoms with van der Waals surface area (Å²) in [6.45, 7) is 7.81. The highest BCUT2D eigenvalue weighted by Crippen LogP contribution is 2.33. The van der Waals surface area contributed by atoms with Gasteiger partial charge < -0.3 is 10.3 Å². The minimum Gasteiger partial charge on any atom is -0.357 e. The van der Waals surface area contributed by atoms with Crippen molar-refractivity contribution >= 4 is 10.9 Å². The van der Waals surface area contributed by atoms with Crippen molar-refractivity contribution in [2.24, 2.45) is 0 Å². The minimum absolute atomic E-state index is 0.518. The van der Waals surface area contributed by atoms with Gasteiger partial charge in [-0.25, -0.2) is 0 Å². The molecule has 1 unspecified atom stereocenters. The van der Waals surface area contributed by atoms with Gasteiger partial charge >= 0.3 is 0 Å². The predicted molar refractivity (Wildman–Crippen MR) is 77.1 cm³/mol. The first kappa shape index (κ1) is 11.8. The van der Waals surface area contributed by atoms with E-state index in [1.54, 1.807) is 0 Å². The molecule has 3 rings (SSSR count). The molecule has 1 aromatic heterocycles. The molecule has 1 aliphatic heterocycles. The Morgan fingerprint density at radius 2 is 1.83 bits per heavy atom. The van der Waals surface area contributed by atoms with E-state index in [-0.39, 0.29) is 0 Å². The molecule has 2 aromatic rings. The van der Waals surface area contributed by atoms with Crippen LogP contribution in [0.5, 0.6) is 0 Å². The Hall–Kier alpha value is -1.28. The molecule has 0 spiro atoms. The lowest BCUT2D eigenvalue weighted by atomic mass is 9.98. The topological polar surface area (TPSA) is 27.8 Å². The van der Waals surface area contributed by atoms with E-state index in [2.05, 4.69) is 43.2 Å². The summed E-state index contributed by atoms with van der Waals surface area (Å²) in [6, 6.07) is 4.97. The number of benzene rings is 1. The SMILES string of the molecule is Cc1ccc(C)c2c(C)c(C3CCCCN3)[nH]c12. The summed E-state index contributed by atoms with van der Waals surface area (Å²) in [6.07, 6.45) is 3.91. The number of nitrogens with one attached hydrogen (secondary N) is 2. The zero-order valence-corrected chi connectivity index (χ0v) is 11.6. The Bertz CT molecular complexity index is 574.